The van der Waals surface area contributed by atoms with Crippen molar-refractivity contribution in [1.29, 1.82) is 0 Å². The van der Waals surface area contributed by atoms with Gasteiger partial charge in [-0.1, -0.05) is 0 Å². The highest BCUT2D eigenvalue weighted by Gasteiger charge is 2.23. The maximum atomic E-state index is 15.9. The minimum Gasteiger partial charge on any atom is -0.482 e. The molecule has 1 aromatic carbocycles. The lowest BCUT2D eigenvalue weighted by Gasteiger charge is -2.19. The van der Waals surface area contributed by atoms with Crippen LogP contribution in [0.3, 0.4) is 0 Å². The van der Waals surface area contributed by atoms with E-state index in [2.05, 4.69) is 15.8 Å². The molecule has 232 valence electrons. The van der Waals surface area contributed by atoms with Crippen molar-refractivity contribution in [2.75, 3.05) is 25.0 Å². The van der Waals surface area contributed by atoms with Crippen LogP contribution in [0.25, 0.3) is 16.6 Å². The van der Waals surface area contributed by atoms with E-state index in [0.29, 0.717) is 23.2 Å². The predicted octanol–water partition coefficient (Wildman–Crippen LogP) is 4.30. The van der Waals surface area contributed by atoms with Gasteiger partial charge in [0.2, 0.25) is 0 Å². The van der Waals surface area contributed by atoms with Crippen molar-refractivity contribution >= 4 is 28.9 Å². The zero-order chi connectivity index (χ0) is 31.6. The second kappa shape index (κ2) is 12.6. The summed E-state index contributed by atoms with van der Waals surface area (Å²) in [5.41, 5.74) is 4.46. The number of pyridine rings is 1. The average Bonchev–Trinajstić information content (AvgIpc) is 3.71. The number of benzene rings is 1. The van der Waals surface area contributed by atoms with Gasteiger partial charge in [0.05, 0.1) is 35.3 Å². The molecule has 1 saturated heterocycles. The second-order valence-corrected chi connectivity index (χ2v) is 11.5. The lowest BCUT2D eigenvalue weighted by atomic mass is 10.0. The zero-order valence-corrected chi connectivity index (χ0v) is 25.3. The van der Waals surface area contributed by atoms with Crippen molar-refractivity contribution < 1.29 is 33.1 Å². The third kappa shape index (κ3) is 7.13. The molecule has 12 nitrogen and oxygen atoms in total. The van der Waals surface area contributed by atoms with E-state index in [-0.39, 0.29) is 47.3 Å². The summed E-state index contributed by atoms with van der Waals surface area (Å²) in [4.78, 5) is 44.1. The number of aryl methyl sites for hydroxylation is 1. The number of hydrogen-bond donors (Lipinski definition) is 2. The molecular weight excluding hydrogens is 571 g/mol. The third-order valence-electron chi connectivity index (χ3n) is 6.73. The Kier molecular flexibility index (Phi) is 8.81. The molecule has 0 bridgehead atoms. The van der Waals surface area contributed by atoms with Crippen molar-refractivity contribution in [2.45, 2.75) is 46.3 Å². The van der Waals surface area contributed by atoms with E-state index in [9.17, 15) is 14.4 Å². The van der Waals surface area contributed by atoms with Gasteiger partial charge in [-0.2, -0.15) is 5.10 Å². The van der Waals surface area contributed by atoms with Crippen LogP contribution in [-0.2, 0) is 28.0 Å². The van der Waals surface area contributed by atoms with Gasteiger partial charge in [-0.3, -0.25) is 19.1 Å². The van der Waals surface area contributed by atoms with Gasteiger partial charge in [0.15, 0.2) is 18.2 Å². The van der Waals surface area contributed by atoms with Crippen molar-refractivity contribution in [2.24, 2.45) is 7.05 Å². The number of hydrazine groups is 1. The first kappa shape index (κ1) is 30.9. The van der Waals surface area contributed by atoms with Crippen LogP contribution in [-0.4, -0.2) is 62.3 Å². The van der Waals surface area contributed by atoms with Crippen molar-refractivity contribution in [1.82, 2.24) is 24.8 Å². The molecule has 0 saturated carbocycles. The Hall–Kier alpha value is -4.59. The number of hydroxylamine groups is 1. The Morgan fingerprint density at radius 1 is 1.16 bits per heavy atom. The van der Waals surface area contributed by atoms with E-state index in [4.69, 9.17) is 14.3 Å². The molecule has 2 N–H and O–H groups in total. The standard InChI is InChI=1S/C31H35FN6O6/c1-19(39)26-14-24(27-13-22(7-10-37(26)27)42-18-28(40)44-31(2,3)4)30(41)35-25-12-20(17-43-38-9-6-8-33-38)11-23(29(25)32)21-15-34-36(5)16-21/h7,10-16,33H,6,8-9,17-18H2,1-5H3,(H,35,41). The molecule has 1 amide bonds. The number of hydrogen-bond acceptors (Lipinski definition) is 9. The Morgan fingerprint density at radius 2 is 1.95 bits per heavy atom. The lowest BCUT2D eigenvalue weighted by Crippen LogP contribution is -2.30. The second-order valence-electron chi connectivity index (χ2n) is 11.5. The molecular formula is C31H35FN6O6. The summed E-state index contributed by atoms with van der Waals surface area (Å²) in [6.45, 7) is 7.93. The summed E-state index contributed by atoms with van der Waals surface area (Å²) in [5, 5.41) is 8.47. The number of carbonyl (C=O) groups is 3. The molecule has 0 spiro atoms. The largest absolute Gasteiger partial charge is 0.482 e. The Labute approximate surface area is 253 Å². The number of ketones is 1. The van der Waals surface area contributed by atoms with Crippen molar-refractivity contribution in [3.05, 3.63) is 71.6 Å². The molecule has 1 aliphatic rings. The fourth-order valence-corrected chi connectivity index (χ4v) is 4.82. The maximum Gasteiger partial charge on any atom is 0.344 e. The van der Waals surface area contributed by atoms with Gasteiger partial charge in [0.1, 0.15) is 11.4 Å². The van der Waals surface area contributed by atoms with Crippen molar-refractivity contribution in [3.63, 3.8) is 0 Å². The number of aromatic nitrogens is 3. The highest BCUT2D eigenvalue weighted by atomic mass is 19.1. The summed E-state index contributed by atoms with van der Waals surface area (Å²) in [6, 6.07) is 7.73. The fourth-order valence-electron chi connectivity index (χ4n) is 4.82. The van der Waals surface area contributed by atoms with Gasteiger partial charge in [0.25, 0.3) is 5.91 Å². The molecule has 0 aliphatic carbocycles. The van der Waals surface area contributed by atoms with Crippen LogP contribution in [0.4, 0.5) is 10.1 Å². The van der Waals surface area contributed by atoms with E-state index in [1.807, 2.05) is 0 Å². The van der Waals surface area contributed by atoms with Gasteiger partial charge in [-0.25, -0.2) is 14.6 Å². The highest BCUT2D eigenvalue weighted by molar-refractivity contribution is 6.11. The summed E-state index contributed by atoms with van der Waals surface area (Å²) in [7, 11) is 1.73. The predicted molar refractivity (Wildman–Crippen MR) is 159 cm³/mol. The molecule has 1 fully saturated rings. The molecule has 4 aromatic rings. The zero-order valence-electron chi connectivity index (χ0n) is 25.3. The molecule has 3 aromatic heterocycles. The monoisotopic (exact) mass is 606 g/mol. The van der Waals surface area contributed by atoms with Crippen LogP contribution < -0.4 is 15.5 Å². The van der Waals surface area contributed by atoms with Crippen molar-refractivity contribution in [3.8, 4) is 16.9 Å². The molecule has 44 heavy (non-hydrogen) atoms. The normalized spacial score (nSPS) is 13.8. The molecule has 13 heteroatoms. The Morgan fingerprint density at radius 3 is 2.61 bits per heavy atom. The van der Waals surface area contributed by atoms with Crippen LogP contribution >= 0.6 is 0 Å². The molecule has 0 atom stereocenters. The van der Waals surface area contributed by atoms with Crippen LogP contribution in [0.2, 0.25) is 0 Å². The van der Waals surface area contributed by atoms with E-state index in [0.717, 1.165) is 13.0 Å². The summed E-state index contributed by atoms with van der Waals surface area (Å²) in [6.07, 6.45) is 5.72. The molecule has 0 radical (unpaired) electrons. The van der Waals surface area contributed by atoms with E-state index in [1.54, 1.807) is 66.6 Å². The lowest BCUT2D eigenvalue weighted by molar-refractivity contribution is -0.186. The Bertz CT molecular complexity index is 1720. The topological polar surface area (TPSA) is 128 Å². The minimum absolute atomic E-state index is 0.0645. The molecule has 0 unspecified atom stereocenters. The number of rotatable bonds is 10. The summed E-state index contributed by atoms with van der Waals surface area (Å²) < 4.78 is 29.9. The number of anilines is 1. The average molecular weight is 607 g/mol. The van der Waals surface area contributed by atoms with Gasteiger partial charge >= 0.3 is 5.97 Å². The van der Waals surface area contributed by atoms with Gasteiger partial charge in [-0.05, 0) is 57.0 Å². The highest BCUT2D eigenvalue weighted by Crippen LogP contribution is 2.31. The number of halogens is 1. The molecule has 4 heterocycles. The van der Waals surface area contributed by atoms with Gasteiger partial charge < -0.3 is 19.2 Å². The van der Waals surface area contributed by atoms with E-state index in [1.165, 1.54) is 31.3 Å². The number of amides is 1. The Balaban J connectivity index is 1.46. The maximum absolute atomic E-state index is 15.9. The summed E-state index contributed by atoms with van der Waals surface area (Å²) in [5.74, 6) is -1.84. The quantitative estimate of drug-likeness (QED) is 0.201. The van der Waals surface area contributed by atoms with E-state index >= 15 is 4.39 Å². The summed E-state index contributed by atoms with van der Waals surface area (Å²) >= 11 is 0. The number of fused-ring (bicyclic) bond motifs is 1. The first-order valence-corrected chi connectivity index (χ1v) is 14.2. The molecule has 5 rings (SSSR count). The SMILES string of the molecule is CC(=O)c1cc(C(=O)Nc2cc(CON3CCCN3)cc(-c3cnn(C)c3)c2F)c2cc(OCC(=O)OC(C)(C)C)ccn12. The van der Waals surface area contributed by atoms with Crippen LogP contribution in [0.1, 0.15) is 60.5 Å². The van der Waals surface area contributed by atoms with Gasteiger partial charge in [0, 0.05) is 56.6 Å². The number of carbonyl (C=O) groups excluding carboxylic acids is 3. The number of Topliss-reactive ketones (excluding diaryl/α,β-unsaturated/α-hetero) is 1. The number of nitrogens with zero attached hydrogens (tertiary/aromatic N) is 4. The fraction of sp³-hybridized carbons (Fsp3) is 0.355. The number of esters is 1. The first-order valence-electron chi connectivity index (χ1n) is 14.2. The smallest absolute Gasteiger partial charge is 0.344 e. The van der Waals surface area contributed by atoms with Crippen LogP contribution in [0.5, 0.6) is 5.75 Å². The minimum atomic E-state index is -0.672. The first-order chi connectivity index (χ1) is 20.9. The third-order valence-corrected chi connectivity index (χ3v) is 6.73. The van der Waals surface area contributed by atoms with Gasteiger partial charge in [-0.15, -0.1) is 5.17 Å². The van der Waals surface area contributed by atoms with Crippen LogP contribution in [0, 0.1) is 5.82 Å². The number of ether oxygens (including phenoxy) is 2. The van der Waals surface area contributed by atoms with E-state index < -0.39 is 23.3 Å². The molecule has 1 aliphatic heterocycles. The van der Waals surface area contributed by atoms with Crippen LogP contribution in [0.15, 0.2) is 48.9 Å². The number of nitrogens with one attached hydrogen (secondary N) is 2.